The van der Waals surface area contributed by atoms with Crippen molar-refractivity contribution in [1.29, 1.82) is 0 Å². The molecule has 1 aromatic carbocycles. The minimum Gasteiger partial charge on any atom is -0.313 e. The minimum atomic E-state index is 0.526. The van der Waals surface area contributed by atoms with E-state index in [4.69, 9.17) is 0 Å². The first-order valence-corrected chi connectivity index (χ1v) is 6.79. The molecule has 1 saturated carbocycles. The molecule has 1 aliphatic carbocycles. The monoisotopic (exact) mass is 231 g/mol. The van der Waals surface area contributed by atoms with Gasteiger partial charge in [-0.2, -0.15) is 0 Å². The maximum atomic E-state index is 3.73. The molecule has 1 nitrogen and oxygen atoms in total. The zero-order chi connectivity index (χ0) is 12.5. The Hall–Kier alpha value is -0.820. The molecule has 0 amide bonds. The fourth-order valence-electron chi connectivity index (χ4n) is 2.52. The van der Waals surface area contributed by atoms with Crippen LogP contribution in [0.5, 0.6) is 0 Å². The molecular weight excluding hydrogens is 206 g/mol. The van der Waals surface area contributed by atoms with Crippen LogP contribution >= 0.6 is 0 Å². The highest BCUT2D eigenvalue weighted by Gasteiger charge is 2.45. The summed E-state index contributed by atoms with van der Waals surface area (Å²) < 4.78 is 0. The molecular formula is C16H25N. The maximum absolute atomic E-state index is 3.73. The Morgan fingerprint density at radius 3 is 2.29 bits per heavy atom. The van der Waals surface area contributed by atoms with Crippen LogP contribution in [0, 0.1) is 11.3 Å². The molecule has 0 spiro atoms. The lowest BCUT2D eigenvalue weighted by Crippen LogP contribution is -2.28. The largest absolute Gasteiger partial charge is 0.313 e. The van der Waals surface area contributed by atoms with Crippen molar-refractivity contribution in [3.05, 3.63) is 35.9 Å². The van der Waals surface area contributed by atoms with Gasteiger partial charge in [-0.3, -0.25) is 0 Å². The van der Waals surface area contributed by atoms with Crippen LogP contribution in [0.25, 0.3) is 0 Å². The number of hydrogen-bond donors (Lipinski definition) is 1. The Balaban J connectivity index is 1.95. The van der Waals surface area contributed by atoms with Crippen LogP contribution in [-0.2, 0) is 0 Å². The first-order chi connectivity index (χ1) is 8.00. The zero-order valence-corrected chi connectivity index (χ0v) is 11.5. The van der Waals surface area contributed by atoms with Gasteiger partial charge in [-0.15, -0.1) is 0 Å². The van der Waals surface area contributed by atoms with E-state index in [2.05, 4.69) is 63.3 Å². The molecule has 1 fully saturated rings. The third-order valence-corrected chi connectivity index (χ3v) is 4.13. The maximum Gasteiger partial charge on any atom is 0.0125 e. The molecule has 1 heteroatoms. The van der Waals surface area contributed by atoms with Crippen LogP contribution in [0.15, 0.2) is 30.3 Å². The van der Waals surface area contributed by atoms with E-state index < -0.39 is 0 Å². The number of hydrogen-bond acceptors (Lipinski definition) is 1. The topological polar surface area (TPSA) is 12.0 Å². The molecule has 0 aromatic heterocycles. The van der Waals surface area contributed by atoms with Crippen molar-refractivity contribution in [3.63, 3.8) is 0 Å². The van der Waals surface area contributed by atoms with Crippen molar-refractivity contribution >= 4 is 0 Å². The van der Waals surface area contributed by atoms with Gasteiger partial charge in [0.1, 0.15) is 0 Å². The van der Waals surface area contributed by atoms with Gasteiger partial charge in [0.2, 0.25) is 0 Å². The summed E-state index contributed by atoms with van der Waals surface area (Å²) in [5, 5.41) is 3.73. The number of benzene rings is 1. The molecule has 1 aliphatic rings. The molecule has 0 radical (unpaired) electrons. The van der Waals surface area contributed by atoms with Crippen LogP contribution in [0.4, 0.5) is 0 Å². The van der Waals surface area contributed by atoms with E-state index >= 15 is 0 Å². The van der Waals surface area contributed by atoms with E-state index in [1.807, 2.05) is 0 Å². The van der Waals surface area contributed by atoms with Crippen LogP contribution in [0.3, 0.4) is 0 Å². The Morgan fingerprint density at radius 1 is 1.24 bits per heavy atom. The zero-order valence-electron chi connectivity index (χ0n) is 11.5. The van der Waals surface area contributed by atoms with Crippen molar-refractivity contribution in [1.82, 2.24) is 5.32 Å². The van der Waals surface area contributed by atoms with Crippen molar-refractivity contribution in [2.75, 3.05) is 6.54 Å². The first-order valence-electron chi connectivity index (χ1n) is 6.79. The normalized spacial score (nSPS) is 23.7. The fourth-order valence-corrected chi connectivity index (χ4v) is 2.52. The van der Waals surface area contributed by atoms with Crippen LogP contribution < -0.4 is 5.32 Å². The average Bonchev–Trinajstić information content (AvgIpc) is 2.88. The molecule has 1 aromatic rings. The SMILES string of the molecule is CC(C)C(CNC1CC1(C)C)c1ccccc1. The van der Waals surface area contributed by atoms with Gasteiger partial charge in [0.25, 0.3) is 0 Å². The highest BCUT2D eigenvalue weighted by Crippen LogP contribution is 2.44. The number of nitrogens with one attached hydrogen (secondary N) is 1. The molecule has 2 atom stereocenters. The summed E-state index contributed by atoms with van der Waals surface area (Å²) in [6, 6.07) is 11.6. The van der Waals surface area contributed by atoms with E-state index in [0.29, 0.717) is 17.3 Å². The van der Waals surface area contributed by atoms with E-state index in [-0.39, 0.29) is 0 Å². The molecule has 0 saturated heterocycles. The van der Waals surface area contributed by atoms with Gasteiger partial charge < -0.3 is 5.32 Å². The third-order valence-electron chi connectivity index (χ3n) is 4.13. The molecule has 1 N–H and O–H groups in total. The highest BCUT2D eigenvalue weighted by atomic mass is 15.0. The summed E-state index contributed by atoms with van der Waals surface area (Å²) in [7, 11) is 0. The lowest BCUT2D eigenvalue weighted by Gasteiger charge is -2.22. The van der Waals surface area contributed by atoms with Crippen LogP contribution in [0.2, 0.25) is 0 Å². The lowest BCUT2D eigenvalue weighted by molar-refractivity contribution is 0.440. The van der Waals surface area contributed by atoms with Crippen molar-refractivity contribution in [3.8, 4) is 0 Å². The van der Waals surface area contributed by atoms with Crippen LogP contribution in [0.1, 0.15) is 45.6 Å². The van der Waals surface area contributed by atoms with Gasteiger partial charge in [0.05, 0.1) is 0 Å². The van der Waals surface area contributed by atoms with Crippen LogP contribution in [-0.4, -0.2) is 12.6 Å². The summed E-state index contributed by atoms with van der Waals surface area (Å²) >= 11 is 0. The first kappa shape index (κ1) is 12.6. The summed E-state index contributed by atoms with van der Waals surface area (Å²) in [6.07, 6.45) is 1.33. The molecule has 0 heterocycles. The van der Waals surface area contributed by atoms with Crippen molar-refractivity contribution < 1.29 is 0 Å². The molecule has 2 rings (SSSR count). The van der Waals surface area contributed by atoms with E-state index in [1.165, 1.54) is 12.0 Å². The van der Waals surface area contributed by atoms with E-state index in [1.54, 1.807) is 0 Å². The fraction of sp³-hybridized carbons (Fsp3) is 0.625. The Bertz CT molecular complexity index is 353. The Morgan fingerprint density at radius 2 is 1.82 bits per heavy atom. The summed E-state index contributed by atoms with van der Waals surface area (Å²) in [5.74, 6) is 1.32. The second-order valence-electron chi connectivity index (χ2n) is 6.41. The predicted molar refractivity (Wildman–Crippen MR) is 74.2 cm³/mol. The van der Waals surface area contributed by atoms with Gasteiger partial charge in [-0.25, -0.2) is 0 Å². The smallest absolute Gasteiger partial charge is 0.0125 e. The molecule has 94 valence electrons. The van der Waals surface area contributed by atoms with Gasteiger partial charge in [-0.05, 0) is 29.2 Å². The summed E-state index contributed by atoms with van der Waals surface area (Å²) in [5.41, 5.74) is 1.99. The Labute approximate surface area is 106 Å². The predicted octanol–water partition coefficient (Wildman–Crippen LogP) is 3.81. The van der Waals surface area contributed by atoms with Gasteiger partial charge in [-0.1, -0.05) is 58.0 Å². The summed E-state index contributed by atoms with van der Waals surface area (Å²) in [6.45, 7) is 10.4. The second-order valence-corrected chi connectivity index (χ2v) is 6.41. The minimum absolute atomic E-state index is 0.526. The van der Waals surface area contributed by atoms with Gasteiger partial charge in [0, 0.05) is 12.6 Å². The molecule has 17 heavy (non-hydrogen) atoms. The molecule has 0 bridgehead atoms. The standard InChI is InChI=1S/C16H25N/c1-12(2)14(13-8-6-5-7-9-13)11-17-15-10-16(15,3)4/h5-9,12,14-15,17H,10-11H2,1-4H3. The Kier molecular flexibility index (Phi) is 3.58. The van der Waals surface area contributed by atoms with Crippen molar-refractivity contribution in [2.24, 2.45) is 11.3 Å². The van der Waals surface area contributed by atoms with E-state index in [9.17, 15) is 0 Å². The van der Waals surface area contributed by atoms with Gasteiger partial charge in [0.15, 0.2) is 0 Å². The van der Waals surface area contributed by atoms with Crippen molar-refractivity contribution in [2.45, 2.75) is 46.1 Å². The summed E-state index contributed by atoms with van der Waals surface area (Å²) in [4.78, 5) is 0. The highest BCUT2D eigenvalue weighted by molar-refractivity contribution is 5.20. The number of rotatable bonds is 5. The molecule has 0 aliphatic heterocycles. The third kappa shape index (κ3) is 3.10. The average molecular weight is 231 g/mol. The van der Waals surface area contributed by atoms with E-state index in [0.717, 1.165) is 12.6 Å². The second kappa shape index (κ2) is 4.81. The quantitative estimate of drug-likeness (QED) is 0.812. The molecule has 2 unspecified atom stereocenters. The van der Waals surface area contributed by atoms with Gasteiger partial charge >= 0.3 is 0 Å². The lowest BCUT2D eigenvalue weighted by atomic mass is 9.88.